The van der Waals surface area contributed by atoms with Gasteiger partial charge in [0.2, 0.25) is 11.8 Å². The van der Waals surface area contributed by atoms with Gasteiger partial charge in [-0.05, 0) is 35.1 Å². The number of fused-ring (bicyclic) bond motifs is 7. The zero-order valence-electron chi connectivity index (χ0n) is 19.0. The lowest BCUT2D eigenvalue weighted by atomic mass is 10.1. The summed E-state index contributed by atoms with van der Waals surface area (Å²) in [6.45, 7) is 0. The van der Waals surface area contributed by atoms with Crippen LogP contribution in [0.15, 0.2) is 82.8 Å². The van der Waals surface area contributed by atoms with Gasteiger partial charge < -0.3 is 14.5 Å². The molecule has 1 aromatic heterocycles. The van der Waals surface area contributed by atoms with Crippen LogP contribution in [0.5, 0.6) is 0 Å². The molecule has 8 rings (SSSR count). The monoisotopic (exact) mass is 457 g/mol. The summed E-state index contributed by atoms with van der Waals surface area (Å²) in [5.41, 5.74) is 5.21. The van der Waals surface area contributed by atoms with E-state index in [0.717, 1.165) is 34.3 Å². The second-order valence-corrected chi connectivity index (χ2v) is 9.74. The van der Waals surface area contributed by atoms with Crippen LogP contribution in [0.3, 0.4) is 0 Å². The molecular formula is C30H23N3O2. The molecule has 4 aromatic rings. The van der Waals surface area contributed by atoms with Crippen LogP contribution in [0.1, 0.15) is 34.5 Å². The number of hydrogen-bond donors (Lipinski definition) is 1. The molecule has 5 nitrogen and oxygen atoms in total. The molecule has 1 N–H and O–H groups in total. The molecular weight excluding hydrogens is 434 g/mol. The van der Waals surface area contributed by atoms with E-state index in [-0.39, 0.29) is 24.3 Å². The van der Waals surface area contributed by atoms with E-state index in [0.29, 0.717) is 11.8 Å². The first-order chi connectivity index (χ1) is 17.3. The van der Waals surface area contributed by atoms with Crippen molar-refractivity contribution in [2.24, 2.45) is 9.98 Å². The van der Waals surface area contributed by atoms with E-state index in [2.05, 4.69) is 77.8 Å². The van der Waals surface area contributed by atoms with Gasteiger partial charge in [0.05, 0.1) is 22.8 Å². The molecule has 0 saturated heterocycles. The number of hydrogen-bond acceptors (Lipinski definition) is 4. The maximum atomic E-state index is 6.31. The van der Waals surface area contributed by atoms with Crippen molar-refractivity contribution in [2.45, 2.75) is 37.1 Å². The SMILES string of the molecule is C(/C1=N[C@@H]2Cc3ccccc3[C@@H]2O1)=c1/[nH]/c(=C\C2=N[C@@H]3Cc4ccccc4[C@@H]3O2)c2ccccc12. The lowest BCUT2D eigenvalue weighted by Crippen LogP contribution is -2.14. The lowest BCUT2D eigenvalue weighted by molar-refractivity contribution is 0.211. The van der Waals surface area contributed by atoms with Gasteiger partial charge >= 0.3 is 0 Å². The summed E-state index contributed by atoms with van der Waals surface area (Å²) < 4.78 is 12.6. The zero-order valence-corrected chi connectivity index (χ0v) is 19.0. The highest BCUT2D eigenvalue weighted by Gasteiger charge is 2.39. The van der Waals surface area contributed by atoms with Gasteiger partial charge in [-0.1, -0.05) is 72.8 Å². The molecule has 35 heavy (non-hydrogen) atoms. The Labute approximate surface area is 202 Å². The fraction of sp³-hybridized carbons (Fsp3) is 0.200. The topological polar surface area (TPSA) is 59.0 Å². The van der Waals surface area contributed by atoms with E-state index in [1.807, 2.05) is 12.2 Å². The quantitative estimate of drug-likeness (QED) is 0.496. The van der Waals surface area contributed by atoms with Crippen LogP contribution < -0.4 is 10.7 Å². The number of aromatic amines is 1. The van der Waals surface area contributed by atoms with Crippen LogP contribution >= 0.6 is 0 Å². The lowest BCUT2D eigenvalue weighted by Gasteiger charge is -2.09. The van der Waals surface area contributed by atoms with Crippen LogP contribution in [-0.2, 0) is 22.3 Å². The molecule has 170 valence electrons. The minimum absolute atomic E-state index is 0.0215. The summed E-state index contributed by atoms with van der Waals surface area (Å²) in [4.78, 5) is 13.4. The summed E-state index contributed by atoms with van der Waals surface area (Å²) in [5.74, 6) is 1.38. The molecule has 2 aliphatic carbocycles. The standard InChI is InChI=1S/C30H23N3O2/c1-3-9-19-17(7-1)13-25-29(19)34-27(32-25)15-23-21-11-5-6-12-22(21)24(31-23)16-28-33-26-14-18-8-2-4-10-20(18)30(26)35-28/h1-12,15-16,25-26,29-31H,13-14H2/b23-15-,24-16-/t25-,26-,29+,30+/m1/s1. The minimum atomic E-state index is 0.0215. The van der Waals surface area contributed by atoms with E-state index in [4.69, 9.17) is 19.5 Å². The molecule has 5 heteroatoms. The summed E-state index contributed by atoms with van der Waals surface area (Å²) in [5, 5.41) is 4.24. The van der Waals surface area contributed by atoms with Gasteiger partial charge in [-0.25, -0.2) is 9.98 Å². The van der Waals surface area contributed by atoms with Crippen LogP contribution in [0, 0.1) is 0 Å². The number of ether oxygens (including phenoxy) is 2. The molecule has 0 saturated carbocycles. The van der Waals surface area contributed by atoms with Crippen molar-refractivity contribution >= 4 is 34.7 Å². The first kappa shape index (κ1) is 19.2. The number of nitrogens with zero attached hydrogens (tertiary/aromatic N) is 2. The third-order valence-corrected chi connectivity index (χ3v) is 7.67. The van der Waals surface area contributed by atoms with Crippen molar-refractivity contribution in [1.82, 2.24) is 4.98 Å². The second kappa shape index (κ2) is 7.19. The van der Waals surface area contributed by atoms with Crippen molar-refractivity contribution in [3.8, 4) is 0 Å². The molecule has 0 amide bonds. The van der Waals surface area contributed by atoms with Crippen molar-refractivity contribution in [3.05, 3.63) is 106 Å². The Bertz CT molecular complexity index is 1570. The summed E-state index contributed by atoms with van der Waals surface area (Å²) >= 11 is 0. The minimum Gasteiger partial charge on any atom is -0.467 e. The zero-order chi connectivity index (χ0) is 22.9. The smallest absolute Gasteiger partial charge is 0.211 e. The Hall–Kier alpha value is -4.12. The fourth-order valence-electron chi connectivity index (χ4n) is 6.08. The number of H-pyrrole nitrogens is 1. The van der Waals surface area contributed by atoms with E-state index in [1.165, 1.54) is 22.3 Å². The molecule has 0 unspecified atom stereocenters. The normalized spacial score (nSPS) is 26.6. The van der Waals surface area contributed by atoms with Gasteiger partial charge in [0, 0.05) is 22.9 Å². The van der Waals surface area contributed by atoms with Crippen molar-refractivity contribution in [3.63, 3.8) is 0 Å². The number of aliphatic imine (C=N–C) groups is 2. The number of nitrogens with one attached hydrogen (secondary N) is 1. The van der Waals surface area contributed by atoms with E-state index < -0.39 is 0 Å². The first-order valence-electron chi connectivity index (χ1n) is 12.2. The average molecular weight is 458 g/mol. The van der Waals surface area contributed by atoms with E-state index >= 15 is 0 Å². The average Bonchev–Trinajstić information content (AvgIpc) is 3.66. The van der Waals surface area contributed by atoms with Crippen LogP contribution in [0.2, 0.25) is 0 Å². The van der Waals surface area contributed by atoms with Crippen molar-refractivity contribution < 1.29 is 9.47 Å². The highest BCUT2D eigenvalue weighted by molar-refractivity contribution is 6.09. The Morgan fingerprint density at radius 2 is 1.09 bits per heavy atom. The number of aromatic nitrogens is 1. The molecule has 0 spiro atoms. The third kappa shape index (κ3) is 2.94. The van der Waals surface area contributed by atoms with Crippen molar-refractivity contribution in [1.29, 1.82) is 0 Å². The van der Waals surface area contributed by atoms with Gasteiger partial charge in [-0.15, -0.1) is 0 Å². The van der Waals surface area contributed by atoms with Crippen LogP contribution in [0.4, 0.5) is 0 Å². The highest BCUT2D eigenvalue weighted by Crippen LogP contribution is 2.41. The molecule has 3 aromatic carbocycles. The summed E-state index contributed by atoms with van der Waals surface area (Å²) in [7, 11) is 0. The Balaban J connectivity index is 1.15. The number of rotatable bonds is 2. The maximum absolute atomic E-state index is 6.31. The molecule has 0 radical (unpaired) electrons. The summed E-state index contributed by atoms with van der Waals surface area (Å²) in [6.07, 6.45) is 5.98. The third-order valence-electron chi connectivity index (χ3n) is 7.67. The van der Waals surface area contributed by atoms with Gasteiger partial charge in [0.15, 0.2) is 0 Å². The summed E-state index contributed by atoms with van der Waals surface area (Å²) in [6, 6.07) is 25.7. The molecule has 4 aliphatic rings. The van der Waals surface area contributed by atoms with Crippen LogP contribution in [0.25, 0.3) is 22.9 Å². The van der Waals surface area contributed by atoms with E-state index in [1.54, 1.807) is 0 Å². The highest BCUT2D eigenvalue weighted by atomic mass is 16.5. The Morgan fingerprint density at radius 3 is 1.60 bits per heavy atom. The van der Waals surface area contributed by atoms with Gasteiger partial charge in [0.1, 0.15) is 12.2 Å². The first-order valence-corrected chi connectivity index (χ1v) is 12.2. The molecule has 0 fully saturated rings. The van der Waals surface area contributed by atoms with E-state index in [9.17, 15) is 0 Å². The largest absolute Gasteiger partial charge is 0.467 e. The Kier molecular flexibility index (Phi) is 3.95. The van der Waals surface area contributed by atoms with Crippen molar-refractivity contribution in [2.75, 3.05) is 0 Å². The molecule has 3 heterocycles. The Morgan fingerprint density at radius 1 is 0.629 bits per heavy atom. The molecule has 2 aliphatic heterocycles. The molecule has 4 atom stereocenters. The molecule has 0 bridgehead atoms. The van der Waals surface area contributed by atoms with Gasteiger partial charge in [-0.2, -0.15) is 0 Å². The fourth-order valence-corrected chi connectivity index (χ4v) is 6.08. The number of benzene rings is 3. The maximum Gasteiger partial charge on any atom is 0.211 e. The van der Waals surface area contributed by atoms with Gasteiger partial charge in [0.25, 0.3) is 0 Å². The van der Waals surface area contributed by atoms with Gasteiger partial charge in [-0.3, -0.25) is 0 Å². The predicted octanol–water partition coefficient (Wildman–Crippen LogP) is 3.92. The predicted molar refractivity (Wildman–Crippen MR) is 137 cm³/mol. The van der Waals surface area contributed by atoms with Crippen LogP contribution in [-0.4, -0.2) is 28.9 Å². The second-order valence-electron chi connectivity index (χ2n) is 9.74.